The van der Waals surface area contributed by atoms with Crippen LogP contribution in [0.5, 0.6) is 5.75 Å². The zero-order valence-corrected chi connectivity index (χ0v) is 11.8. The van der Waals surface area contributed by atoms with Gasteiger partial charge in [0.15, 0.2) is 0 Å². The molecule has 4 nitrogen and oxygen atoms in total. The van der Waals surface area contributed by atoms with Crippen LogP contribution in [0.1, 0.15) is 18.5 Å². The second kappa shape index (κ2) is 7.38. The quantitative estimate of drug-likeness (QED) is 0.888. The number of aromatic nitrogens is 1. The zero-order chi connectivity index (χ0) is 15.1. The van der Waals surface area contributed by atoms with Crippen molar-refractivity contribution in [2.45, 2.75) is 19.3 Å². The smallest absolute Gasteiger partial charge is 0.224 e. The van der Waals surface area contributed by atoms with Crippen LogP contribution in [0.2, 0.25) is 0 Å². The number of hydrogen-bond donors (Lipinski definition) is 1. The highest BCUT2D eigenvalue weighted by atomic mass is 19.1. The number of carbonyl (C=O) groups excluding carboxylic acids is 1. The Morgan fingerprint density at radius 2 is 2.19 bits per heavy atom. The first-order valence-corrected chi connectivity index (χ1v) is 6.72. The Kier molecular flexibility index (Phi) is 5.26. The summed E-state index contributed by atoms with van der Waals surface area (Å²) in [6, 6.07) is 9.91. The molecule has 0 unspecified atom stereocenters. The second-order valence-electron chi connectivity index (χ2n) is 4.57. The monoisotopic (exact) mass is 288 g/mol. The Bertz CT molecular complexity index is 602. The minimum absolute atomic E-state index is 0.136. The SMILES string of the molecule is COc1ccc(F)c(NC(=O)CCCc2ccccn2)c1. The first-order chi connectivity index (χ1) is 10.2. The van der Waals surface area contributed by atoms with Gasteiger partial charge in [0.2, 0.25) is 5.91 Å². The van der Waals surface area contributed by atoms with Crippen molar-refractivity contribution in [2.24, 2.45) is 0 Å². The molecule has 1 aromatic heterocycles. The highest BCUT2D eigenvalue weighted by molar-refractivity contribution is 5.91. The van der Waals surface area contributed by atoms with E-state index < -0.39 is 5.82 Å². The predicted octanol–water partition coefficient (Wildman–Crippen LogP) is 3.19. The Hall–Kier alpha value is -2.43. The van der Waals surface area contributed by atoms with Crippen LogP contribution in [-0.4, -0.2) is 18.0 Å². The summed E-state index contributed by atoms with van der Waals surface area (Å²) in [6.07, 6.45) is 3.41. The summed E-state index contributed by atoms with van der Waals surface area (Å²) in [6.45, 7) is 0. The highest BCUT2D eigenvalue weighted by Gasteiger charge is 2.08. The number of benzene rings is 1. The number of anilines is 1. The van der Waals surface area contributed by atoms with Gasteiger partial charge in [0.25, 0.3) is 0 Å². The van der Waals surface area contributed by atoms with Crippen LogP contribution in [0.4, 0.5) is 10.1 Å². The number of halogens is 1. The minimum atomic E-state index is -0.478. The van der Waals surface area contributed by atoms with E-state index in [0.29, 0.717) is 18.6 Å². The standard InChI is InChI=1S/C16H17FN2O2/c1-21-13-8-9-14(17)15(11-13)19-16(20)7-4-6-12-5-2-3-10-18-12/h2-3,5,8-11H,4,6-7H2,1H3,(H,19,20). The summed E-state index contributed by atoms with van der Waals surface area (Å²) in [5.74, 6) is -0.202. The average Bonchev–Trinajstić information content (AvgIpc) is 2.50. The number of nitrogens with one attached hydrogen (secondary N) is 1. The lowest BCUT2D eigenvalue weighted by Gasteiger charge is -2.08. The van der Waals surface area contributed by atoms with Gasteiger partial charge in [-0.15, -0.1) is 0 Å². The fourth-order valence-corrected chi connectivity index (χ4v) is 1.92. The second-order valence-corrected chi connectivity index (χ2v) is 4.57. The molecule has 0 saturated carbocycles. The van der Waals surface area contributed by atoms with Crippen molar-refractivity contribution in [1.82, 2.24) is 4.98 Å². The number of hydrogen-bond acceptors (Lipinski definition) is 3. The van der Waals surface area contributed by atoms with Crippen molar-refractivity contribution in [3.05, 3.63) is 54.1 Å². The van der Waals surface area contributed by atoms with Crippen molar-refractivity contribution in [3.63, 3.8) is 0 Å². The molecule has 1 aromatic carbocycles. The third-order valence-corrected chi connectivity index (χ3v) is 3.01. The fraction of sp³-hybridized carbons (Fsp3) is 0.250. The van der Waals surface area contributed by atoms with E-state index in [9.17, 15) is 9.18 Å². The van der Waals surface area contributed by atoms with Crippen LogP contribution < -0.4 is 10.1 Å². The maximum atomic E-state index is 13.6. The molecular weight excluding hydrogens is 271 g/mol. The Balaban J connectivity index is 1.84. The number of aryl methyl sites for hydroxylation is 1. The lowest BCUT2D eigenvalue weighted by molar-refractivity contribution is -0.116. The van der Waals surface area contributed by atoms with Crippen molar-refractivity contribution < 1.29 is 13.9 Å². The number of carbonyl (C=O) groups is 1. The lowest BCUT2D eigenvalue weighted by Crippen LogP contribution is -2.12. The summed E-state index contributed by atoms with van der Waals surface area (Å²) in [5, 5.41) is 2.56. The zero-order valence-electron chi connectivity index (χ0n) is 11.8. The molecule has 2 aromatic rings. The summed E-state index contributed by atoms with van der Waals surface area (Å²) in [7, 11) is 1.49. The van der Waals surface area contributed by atoms with E-state index in [0.717, 1.165) is 12.1 Å². The number of ether oxygens (including phenoxy) is 1. The van der Waals surface area contributed by atoms with Gasteiger partial charge in [0.05, 0.1) is 12.8 Å². The number of pyridine rings is 1. The third-order valence-electron chi connectivity index (χ3n) is 3.01. The summed E-state index contributed by atoms with van der Waals surface area (Å²) < 4.78 is 18.6. The molecule has 5 heteroatoms. The van der Waals surface area contributed by atoms with E-state index >= 15 is 0 Å². The molecule has 2 rings (SSSR count). The molecule has 0 aliphatic carbocycles. The first kappa shape index (κ1) is 15.0. The van der Waals surface area contributed by atoms with Crippen molar-refractivity contribution in [3.8, 4) is 5.75 Å². The van der Waals surface area contributed by atoms with Crippen molar-refractivity contribution in [1.29, 1.82) is 0 Å². The van der Waals surface area contributed by atoms with Crippen LogP contribution in [0.15, 0.2) is 42.6 Å². The van der Waals surface area contributed by atoms with E-state index in [1.54, 1.807) is 6.20 Å². The molecule has 0 bridgehead atoms. The molecule has 21 heavy (non-hydrogen) atoms. The van der Waals surface area contributed by atoms with E-state index in [4.69, 9.17) is 4.74 Å². The molecule has 0 aliphatic heterocycles. The molecule has 110 valence electrons. The third kappa shape index (κ3) is 4.56. The highest BCUT2D eigenvalue weighted by Crippen LogP contribution is 2.21. The average molecular weight is 288 g/mol. The largest absolute Gasteiger partial charge is 0.497 e. The van der Waals surface area contributed by atoms with Gasteiger partial charge in [-0.2, -0.15) is 0 Å². The Morgan fingerprint density at radius 3 is 2.90 bits per heavy atom. The molecule has 0 spiro atoms. The number of rotatable bonds is 6. The van der Waals surface area contributed by atoms with Gasteiger partial charge in [0.1, 0.15) is 11.6 Å². The maximum Gasteiger partial charge on any atom is 0.224 e. The summed E-state index contributed by atoms with van der Waals surface area (Å²) in [4.78, 5) is 16.0. The molecular formula is C16H17FN2O2. The van der Waals surface area contributed by atoms with Crippen LogP contribution in [0, 0.1) is 5.82 Å². The molecule has 1 N–H and O–H groups in total. The number of amides is 1. The lowest BCUT2D eigenvalue weighted by atomic mass is 10.1. The summed E-state index contributed by atoms with van der Waals surface area (Å²) >= 11 is 0. The first-order valence-electron chi connectivity index (χ1n) is 6.72. The van der Waals surface area contributed by atoms with Crippen molar-refractivity contribution >= 4 is 11.6 Å². The Labute approximate surface area is 123 Å². The fourth-order valence-electron chi connectivity index (χ4n) is 1.92. The van der Waals surface area contributed by atoms with E-state index in [1.165, 1.54) is 25.3 Å². The van der Waals surface area contributed by atoms with Gasteiger partial charge in [0, 0.05) is 24.4 Å². The van der Waals surface area contributed by atoms with Crippen LogP contribution in [-0.2, 0) is 11.2 Å². The van der Waals surface area contributed by atoms with Crippen LogP contribution in [0.25, 0.3) is 0 Å². The topological polar surface area (TPSA) is 51.2 Å². The van der Waals surface area contributed by atoms with E-state index in [1.807, 2.05) is 18.2 Å². The number of methoxy groups -OCH3 is 1. The predicted molar refractivity (Wildman–Crippen MR) is 78.8 cm³/mol. The van der Waals surface area contributed by atoms with Gasteiger partial charge >= 0.3 is 0 Å². The van der Waals surface area contributed by atoms with Gasteiger partial charge in [-0.3, -0.25) is 9.78 Å². The Morgan fingerprint density at radius 1 is 1.33 bits per heavy atom. The molecule has 0 aliphatic rings. The van der Waals surface area contributed by atoms with Gasteiger partial charge in [-0.25, -0.2) is 4.39 Å². The minimum Gasteiger partial charge on any atom is -0.497 e. The van der Waals surface area contributed by atoms with Crippen molar-refractivity contribution in [2.75, 3.05) is 12.4 Å². The number of nitrogens with zero attached hydrogens (tertiary/aromatic N) is 1. The summed E-state index contributed by atoms with van der Waals surface area (Å²) in [5.41, 5.74) is 1.08. The molecule has 0 fully saturated rings. The van der Waals surface area contributed by atoms with Gasteiger partial charge in [-0.05, 0) is 37.1 Å². The normalized spacial score (nSPS) is 10.2. The van der Waals surface area contributed by atoms with Gasteiger partial charge in [-0.1, -0.05) is 6.07 Å². The molecule has 1 amide bonds. The molecule has 0 saturated heterocycles. The molecule has 1 heterocycles. The van der Waals surface area contributed by atoms with E-state index in [2.05, 4.69) is 10.3 Å². The molecule has 0 radical (unpaired) electrons. The van der Waals surface area contributed by atoms with Gasteiger partial charge < -0.3 is 10.1 Å². The van der Waals surface area contributed by atoms with Crippen LogP contribution >= 0.6 is 0 Å². The van der Waals surface area contributed by atoms with E-state index in [-0.39, 0.29) is 11.6 Å². The maximum absolute atomic E-state index is 13.6. The van der Waals surface area contributed by atoms with Crippen LogP contribution in [0.3, 0.4) is 0 Å². The molecule has 0 atom stereocenters.